The summed E-state index contributed by atoms with van der Waals surface area (Å²) in [4.78, 5) is 14.1. The zero-order valence-electron chi connectivity index (χ0n) is 16.7. The number of amides is 1. The number of morpholine rings is 1. The Bertz CT molecular complexity index is 1010. The highest BCUT2D eigenvalue weighted by atomic mass is 35.5. The number of ether oxygens (including phenoxy) is 1. The van der Waals surface area contributed by atoms with Crippen molar-refractivity contribution in [1.29, 1.82) is 0 Å². The molecule has 1 unspecified atom stereocenters. The molecule has 1 aliphatic rings. The minimum absolute atomic E-state index is 0.00880. The molecular formula is C21H17Cl2F6NO3. The molecule has 3 rings (SSSR count). The summed E-state index contributed by atoms with van der Waals surface area (Å²) in [6, 6.07) is 5.25. The number of halogens is 8. The first-order chi connectivity index (χ1) is 15.3. The summed E-state index contributed by atoms with van der Waals surface area (Å²) < 4.78 is 85.0. The fraction of sp³-hybridized carbons (Fsp3) is 0.381. The van der Waals surface area contributed by atoms with Crippen LogP contribution < -0.4 is 0 Å². The largest absolute Gasteiger partial charge is 0.416 e. The van der Waals surface area contributed by atoms with E-state index in [0.717, 1.165) is 4.90 Å². The third kappa shape index (κ3) is 5.56. The van der Waals surface area contributed by atoms with Gasteiger partial charge in [0.1, 0.15) is 5.60 Å². The Morgan fingerprint density at radius 3 is 2.12 bits per heavy atom. The van der Waals surface area contributed by atoms with E-state index in [1.165, 1.54) is 12.1 Å². The number of alkyl halides is 6. The summed E-state index contributed by atoms with van der Waals surface area (Å²) in [5.74, 6) is -1.03. The van der Waals surface area contributed by atoms with Crippen molar-refractivity contribution in [3.8, 4) is 0 Å². The maximum atomic E-state index is 13.2. The van der Waals surface area contributed by atoms with Crippen LogP contribution in [0.3, 0.4) is 0 Å². The van der Waals surface area contributed by atoms with Crippen molar-refractivity contribution in [2.75, 3.05) is 26.3 Å². The number of aliphatic hydroxyl groups excluding tert-OH is 1. The van der Waals surface area contributed by atoms with Crippen LogP contribution in [0.4, 0.5) is 26.3 Å². The number of nitrogens with zero attached hydrogens (tertiary/aromatic N) is 1. The molecule has 180 valence electrons. The van der Waals surface area contributed by atoms with Gasteiger partial charge in [0.25, 0.3) is 5.91 Å². The SMILES string of the molecule is O=C(c1cc(C(F)(F)F)cc(C(F)(F)F)c1)N1CCOC(CCO)(c2ccc(Cl)c(Cl)c2)C1. The molecule has 1 fully saturated rings. The van der Waals surface area contributed by atoms with Gasteiger partial charge in [-0.1, -0.05) is 29.3 Å². The Morgan fingerprint density at radius 2 is 1.61 bits per heavy atom. The zero-order chi connectivity index (χ0) is 24.6. The van der Waals surface area contributed by atoms with E-state index in [-0.39, 0.29) is 48.8 Å². The van der Waals surface area contributed by atoms with Gasteiger partial charge in [0.15, 0.2) is 0 Å². The van der Waals surface area contributed by atoms with E-state index in [0.29, 0.717) is 17.7 Å². The Labute approximate surface area is 194 Å². The molecule has 2 aromatic rings. The van der Waals surface area contributed by atoms with E-state index in [4.69, 9.17) is 27.9 Å². The van der Waals surface area contributed by atoms with Crippen LogP contribution in [0.25, 0.3) is 0 Å². The number of hydrogen-bond donors (Lipinski definition) is 1. The molecule has 1 saturated heterocycles. The molecule has 0 aromatic heterocycles. The van der Waals surface area contributed by atoms with E-state index in [9.17, 15) is 36.2 Å². The van der Waals surface area contributed by atoms with Crippen LogP contribution in [0.1, 0.15) is 33.5 Å². The van der Waals surface area contributed by atoms with Crippen molar-refractivity contribution >= 4 is 29.1 Å². The Balaban J connectivity index is 2.01. The fourth-order valence-electron chi connectivity index (χ4n) is 3.65. The third-order valence-electron chi connectivity index (χ3n) is 5.27. The molecule has 0 saturated carbocycles. The molecule has 12 heteroatoms. The van der Waals surface area contributed by atoms with Gasteiger partial charge in [-0.2, -0.15) is 26.3 Å². The number of carbonyl (C=O) groups is 1. The minimum Gasteiger partial charge on any atom is -0.396 e. The molecule has 1 atom stereocenters. The Morgan fingerprint density at radius 1 is 1.00 bits per heavy atom. The summed E-state index contributed by atoms with van der Waals surface area (Å²) in [5, 5.41) is 9.99. The summed E-state index contributed by atoms with van der Waals surface area (Å²) in [6.07, 6.45) is -10.2. The standard InChI is InChI=1S/C21H17Cl2F6NO3/c22-16-2-1-13(10-17(16)23)19(3-5-31)11-30(4-6-33-19)18(32)12-7-14(20(24,25)26)9-15(8-12)21(27,28)29/h1-2,7-10,31H,3-6,11H2. The topological polar surface area (TPSA) is 49.8 Å². The van der Waals surface area contributed by atoms with Gasteiger partial charge in [-0.15, -0.1) is 0 Å². The predicted molar refractivity (Wildman–Crippen MR) is 108 cm³/mol. The maximum absolute atomic E-state index is 13.2. The first kappa shape index (κ1) is 25.6. The molecule has 1 heterocycles. The molecule has 0 radical (unpaired) electrons. The van der Waals surface area contributed by atoms with Gasteiger partial charge in [-0.25, -0.2) is 0 Å². The highest BCUT2D eigenvalue weighted by molar-refractivity contribution is 6.42. The van der Waals surface area contributed by atoms with Gasteiger partial charge in [0.2, 0.25) is 0 Å². The highest BCUT2D eigenvalue weighted by Gasteiger charge is 2.42. The van der Waals surface area contributed by atoms with Gasteiger partial charge in [-0.05, 0) is 35.9 Å². The van der Waals surface area contributed by atoms with E-state index in [2.05, 4.69) is 0 Å². The second kappa shape index (κ2) is 9.32. The number of benzene rings is 2. The number of aliphatic hydroxyl groups is 1. The van der Waals surface area contributed by atoms with E-state index in [1.807, 2.05) is 0 Å². The van der Waals surface area contributed by atoms with Crippen molar-refractivity contribution < 1.29 is 41.0 Å². The maximum Gasteiger partial charge on any atom is 0.416 e. The van der Waals surface area contributed by atoms with Crippen molar-refractivity contribution in [3.63, 3.8) is 0 Å². The molecular weight excluding hydrogens is 499 g/mol. The van der Waals surface area contributed by atoms with Crippen LogP contribution in [-0.2, 0) is 22.7 Å². The van der Waals surface area contributed by atoms with Gasteiger partial charge >= 0.3 is 12.4 Å². The van der Waals surface area contributed by atoms with Gasteiger partial charge in [0.05, 0.1) is 34.3 Å². The monoisotopic (exact) mass is 515 g/mol. The predicted octanol–water partition coefficient (Wildman–Crippen LogP) is 5.78. The van der Waals surface area contributed by atoms with Crippen molar-refractivity contribution in [3.05, 3.63) is 68.7 Å². The van der Waals surface area contributed by atoms with Crippen LogP contribution in [0.5, 0.6) is 0 Å². The van der Waals surface area contributed by atoms with Gasteiger partial charge in [0, 0.05) is 25.1 Å². The van der Waals surface area contributed by atoms with Crippen molar-refractivity contribution in [1.82, 2.24) is 4.90 Å². The molecule has 0 aliphatic carbocycles. The van der Waals surface area contributed by atoms with Crippen LogP contribution in [-0.4, -0.2) is 42.2 Å². The minimum atomic E-state index is -5.08. The molecule has 0 bridgehead atoms. The third-order valence-corrected chi connectivity index (χ3v) is 6.01. The van der Waals surface area contributed by atoms with Crippen molar-refractivity contribution in [2.24, 2.45) is 0 Å². The second-order valence-electron chi connectivity index (χ2n) is 7.47. The van der Waals surface area contributed by atoms with E-state index < -0.39 is 40.6 Å². The summed E-state index contributed by atoms with van der Waals surface area (Å²) in [7, 11) is 0. The molecule has 4 nitrogen and oxygen atoms in total. The molecule has 1 N–H and O–H groups in total. The van der Waals surface area contributed by atoms with Gasteiger partial charge in [-0.3, -0.25) is 4.79 Å². The van der Waals surface area contributed by atoms with E-state index in [1.54, 1.807) is 6.07 Å². The highest BCUT2D eigenvalue weighted by Crippen LogP contribution is 2.39. The Hall–Kier alpha value is -2.01. The van der Waals surface area contributed by atoms with Crippen LogP contribution in [0.15, 0.2) is 36.4 Å². The number of carbonyl (C=O) groups excluding carboxylic acids is 1. The summed E-state index contributed by atoms with van der Waals surface area (Å²) in [5.41, 5.74) is -4.76. The summed E-state index contributed by atoms with van der Waals surface area (Å²) in [6.45, 7) is -0.756. The smallest absolute Gasteiger partial charge is 0.396 e. The lowest BCUT2D eigenvalue weighted by Gasteiger charge is -2.43. The average molecular weight is 516 g/mol. The molecule has 33 heavy (non-hydrogen) atoms. The normalized spacial score (nSPS) is 19.6. The fourth-order valence-corrected chi connectivity index (χ4v) is 3.95. The lowest BCUT2D eigenvalue weighted by atomic mass is 9.88. The molecule has 1 aliphatic heterocycles. The lowest BCUT2D eigenvalue weighted by molar-refractivity contribution is -0.143. The first-order valence-electron chi connectivity index (χ1n) is 9.56. The van der Waals surface area contributed by atoms with Crippen LogP contribution in [0.2, 0.25) is 10.0 Å². The lowest BCUT2D eigenvalue weighted by Crippen LogP contribution is -2.52. The number of hydrogen-bond acceptors (Lipinski definition) is 3. The first-order valence-corrected chi connectivity index (χ1v) is 10.3. The number of rotatable bonds is 4. The average Bonchev–Trinajstić information content (AvgIpc) is 2.74. The van der Waals surface area contributed by atoms with Crippen LogP contribution in [0, 0.1) is 0 Å². The second-order valence-corrected chi connectivity index (χ2v) is 8.28. The molecule has 0 spiro atoms. The van der Waals surface area contributed by atoms with E-state index >= 15 is 0 Å². The molecule has 2 aromatic carbocycles. The zero-order valence-corrected chi connectivity index (χ0v) is 18.2. The quantitative estimate of drug-likeness (QED) is 0.525. The van der Waals surface area contributed by atoms with Crippen molar-refractivity contribution in [2.45, 2.75) is 24.4 Å². The summed E-state index contributed by atoms with van der Waals surface area (Å²) >= 11 is 12.0. The molecule has 1 amide bonds. The van der Waals surface area contributed by atoms with Gasteiger partial charge < -0.3 is 14.7 Å². The Kier molecular flexibility index (Phi) is 7.24. The van der Waals surface area contributed by atoms with Crippen LogP contribution >= 0.6 is 23.2 Å².